The Hall–Kier alpha value is -11.7. The van der Waals surface area contributed by atoms with Gasteiger partial charge in [-0.15, -0.1) is 0 Å². The molecule has 0 radical (unpaired) electrons. The zero-order valence-electron chi connectivity index (χ0n) is 77.7. The van der Waals surface area contributed by atoms with Crippen LogP contribution in [-0.4, -0.2) is 299 Å². The Kier molecular flexibility index (Phi) is 55.4. The van der Waals surface area contributed by atoms with E-state index in [1.807, 2.05) is 6.92 Å². The van der Waals surface area contributed by atoms with Crippen molar-refractivity contribution in [2.75, 3.05) is 57.3 Å². The van der Waals surface area contributed by atoms with Gasteiger partial charge in [-0.3, -0.25) is 91.7 Å². The summed E-state index contributed by atoms with van der Waals surface area (Å²) in [6.45, 7) is 13.0. The van der Waals surface area contributed by atoms with Gasteiger partial charge in [0, 0.05) is 44.1 Å². The van der Waals surface area contributed by atoms with E-state index in [-0.39, 0.29) is 152 Å². The smallest absolute Gasteiger partial charge is 0.326 e. The molecule has 51 heteroatoms. The van der Waals surface area contributed by atoms with Crippen molar-refractivity contribution < 1.29 is 96.8 Å². The van der Waals surface area contributed by atoms with Gasteiger partial charge in [-0.2, -0.15) is 25.3 Å². The molecule has 1 aromatic carbocycles. The number of aliphatic hydroxyl groups is 1. The summed E-state index contributed by atoms with van der Waals surface area (Å²) in [5.41, 5.74) is 63.2. The van der Waals surface area contributed by atoms with Crippen LogP contribution in [-0.2, 0) is 87.9 Å². The van der Waals surface area contributed by atoms with E-state index in [2.05, 4.69) is 115 Å². The number of carboxylic acids is 1. The number of thiol groups is 2. The number of aliphatic hydroxyl groups excluding tert-OH is 1. The SMILES string of the molecule is CCCC[C@H](NC(=O)[C@H](CCCN=C(N)N)NC(=O)[C@H](CCN)NC(=O)[C@H](CS)NC(=O)[C@H](CCCCN)NC(=O)[C@@H](CCN)NC(=O)[C@@H](NC(=O)[C@H](CCCN=C(N)N)NC(=O)[C@H](CCCN=C(N)N)NC(=O)[C@H](CC(N)=O)NC(=O)[C@H](CS)NC(=O)[C@H](Cc1ccc(O)cc1)NC(=O)[C@@H](NC(=O)[C@@H](NC(=O)[C@@H]1CCCN1C(=O)[C@@H](N)C(C)C)[C@@H](C)CC)[C@@H](C)CC)[C@@H](C)O)C(=O)O. The van der Waals surface area contributed by atoms with Crippen molar-refractivity contribution in [2.24, 2.45) is 95.8 Å². The number of nitrogens with zero attached hydrogens (tertiary/aromatic N) is 4. The highest BCUT2D eigenvalue weighted by Crippen LogP contribution is 2.23. The van der Waals surface area contributed by atoms with Crippen molar-refractivity contribution in [1.82, 2.24) is 79.3 Å². The number of guanidine groups is 3. The summed E-state index contributed by atoms with van der Waals surface area (Å²) >= 11 is 8.60. The highest BCUT2D eigenvalue weighted by atomic mass is 32.1. The van der Waals surface area contributed by atoms with Crippen molar-refractivity contribution in [3.8, 4) is 5.75 Å². The minimum absolute atomic E-state index is 0.0227. The molecule has 0 unspecified atom stereocenters. The number of aromatic hydroxyl groups is 1. The van der Waals surface area contributed by atoms with Gasteiger partial charge in [-0.1, -0.05) is 86.3 Å². The quantitative estimate of drug-likeness (QED) is 0.0125. The second kappa shape index (κ2) is 62.7. The summed E-state index contributed by atoms with van der Waals surface area (Å²) in [4.78, 5) is 253. The van der Waals surface area contributed by atoms with Crippen LogP contribution in [0.25, 0.3) is 0 Å². The van der Waals surface area contributed by atoms with Gasteiger partial charge in [-0.25, -0.2) is 4.79 Å². The van der Waals surface area contributed by atoms with Gasteiger partial charge in [0.15, 0.2) is 17.9 Å². The normalized spacial score (nSPS) is 16.3. The number of aliphatic imine (C=N–C) groups is 3. The minimum atomic E-state index is -1.97. The van der Waals surface area contributed by atoms with Gasteiger partial charge < -0.3 is 158 Å². The molecule has 1 aliphatic rings. The number of carbonyl (C=O) groups is 17. The molecule has 2 rings (SSSR count). The first-order valence-electron chi connectivity index (χ1n) is 45.0. The molecule has 1 heterocycles. The largest absolute Gasteiger partial charge is 0.508 e. The Balaban J connectivity index is 2.58. The zero-order valence-corrected chi connectivity index (χ0v) is 79.5. The number of hydrogen-bond donors (Lipinski definition) is 30. The maximum Gasteiger partial charge on any atom is 0.326 e. The predicted octanol–water partition coefficient (Wildman–Crippen LogP) is -8.83. The van der Waals surface area contributed by atoms with E-state index in [0.717, 1.165) is 6.92 Å². The minimum Gasteiger partial charge on any atom is -0.508 e. The van der Waals surface area contributed by atoms with Gasteiger partial charge >= 0.3 is 5.97 Å². The lowest BCUT2D eigenvalue weighted by Crippen LogP contribution is -2.62. The number of primary amides is 1. The Labute approximate surface area is 791 Å². The average molecular weight is 1940 g/mol. The highest BCUT2D eigenvalue weighted by molar-refractivity contribution is 7.80. The lowest BCUT2D eigenvalue weighted by molar-refractivity contribution is -0.142. The van der Waals surface area contributed by atoms with E-state index in [9.17, 15) is 96.8 Å². The van der Waals surface area contributed by atoms with Crippen LogP contribution in [0.3, 0.4) is 0 Å². The fraction of sp³-hybridized carbons (Fsp3) is 0.687. The van der Waals surface area contributed by atoms with E-state index >= 15 is 0 Å². The summed E-state index contributed by atoms with van der Waals surface area (Å²) in [6.07, 6.45) is -1.47. The van der Waals surface area contributed by atoms with E-state index in [1.54, 1.807) is 41.5 Å². The molecule has 0 saturated carbocycles. The number of aliphatic carboxylic acids is 1. The molecule has 1 aromatic rings. The molecule has 1 saturated heterocycles. The first-order valence-corrected chi connectivity index (χ1v) is 46.3. The number of benzene rings is 1. The van der Waals surface area contributed by atoms with Crippen LogP contribution in [0.2, 0.25) is 0 Å². The second-order valence-electron chi connectivity index (χ2n) is 33.3. The maximum absolute atomic E-state index is 14.8. The number of carboxylic acid groups (broad SMARTS) is 1. The molecule has 756 valence electrons. The molecule has 39 N–H and O–H groups in total. The number of amides is 16. The molecule has 49 nitrogen and oxygen atoms in total. The molecule has 134 heavy (non-hydrogen) atoms. The van der Waals surface area contributed by atoms with Gasteiger partial charge in [0.1, 0.15) is 96.4 Å². The molecule has 1 fully saturated rings. The molecule has 0 aromatic heterocycles. The number of rotatable bonds is 65. The van der Waals surface area contributed by atoms with Crippen molar-refractivity contribution in [3.63, 3.8) is 0 Å². The Morgan fingerprint density at radius 3 is 1.13 bits per heavy atom. The first-order chi connectivity index (χ1) is 63.3. The van der Waals surface area contributed by atoms with E-state index in [4.69, 9.17) is 63.1 Å². The van der Waals surface area contributed by atoms with Crippen LogP contribution in [0, 0.1) is 17.8 Å². The van der Waals surface area contributed by atoms with Crippen molar-refractivity contribution >= 4 is 144 Å². The Morgan fingerprint density at radius 1 is 0.418 bits per heavy atom. The summed E-state index contributed by atoms with van der Waals surface area (Å²) in [7, 11) is 0. The zero-order chi connectivity index (χ0) is 101. The maximum atomic E-state index is 14.8. The van der Waals surface area contributed by atoms with Gasteiger partial charge in [0.25, 0.3) is 0 Å². The van der Waals surface area contributed by atoms with Crippen molar-refractivity contribution in [3.05, 3.63) is 29.8 Å². The van der Waals surface area contributed by atoms with Crippen LogP contribution in [0.4, 0.5) is 0 Å². The molecule has 19 atom stereocenters. The topological polar surface area (TPSA) is 846 Å². The summed E-state index contributed by atoms with van der Waals surface area (Å²) in [5.74, 6) is -20.3. The summed E-state index contributed by atoms with van der Waals surface area (Å²) < 4.78 is 0. The van der Waals surface area contributed by atoms with Crippen LogP contribution in [0.15, 0.2) is 39.2 Å². The van der Waals surface area contributed by atoms with Gasteiger partial charge in [-0.05, 0) is 152 Å². The molecule has 0 aliphatic carbocycles. The van der Waals surface area contributed by atoms with E-state index < -0.39 is 233 Å². The predicted molar refractivity (Wildman–Crippen MR) is 506 cm³/mol. The second-order valence-corrected chi connectivity index (χ2v) is 34.0. The number of unbranched alkanes of at least 4 members (excludes halogenated alkanes) is 2. The van der Waals surface area contributed by atoms with Crippen LogP contribution in [0.5, 0.6) is 5.75 Å². The lowest BCUT2D eigenvalue weighted by atomic mass is 9.94. The van der Waals surface area contributed by atoms with Crippen LogP contribution < -0.4 is 138 Å². The first kappa shape index (κ1) is 118. The van der Waals surface area contributed by atoms with Crippen molar-refractivity contribution in [2.45, 2.75) is 287 Å². The number of phenols is 1. The molecule has 1 aliphatic heterocycles. The summed E-state index contributed by atoms with van der Waals surface area (Å²) in [5, 5.41) is 66.7. The standard InChI is InChI=1S/C83H147N29O20S2/c1-9-12-19-54(80(131)132)104-66(117)50(22-16-35-96-82(91)92)99-68(119)52(29-32-85)102-73(124)57(40-133)107-67(118)48(20-13-14-31-84)98-69(120)53(30-33-86)103-78(129)64(45(8)113)111-70(121)51(23-17-36-97-83(93)94)100-65(116)49(21-15-34-95-81(89)90)101-72(123)56(39-60(87)115)105-74(125)58(41-134)108-71(122)55(38-46-25-27-47(114)28-26-46)106-76(127)62(43(6)10-2)110-77(128)63(44(7)11-3)109-75(126)59-24-18-37-112(59)79(130)61(88)42(4)5/h25-28,42-45,48-59,61-64,113-114,133-134H,9-24,29-41,84-86,88H2,1-8H3,(H2,87,115)(H,98,120)(H,99,119)(H,100,116)(H,101,123)(H,102,124)(H,103,129)(H,104,117)(H,105,125)(H,106,127)(H,107,118)(H,108,122)(H,109,126)(H,110,128)(H,111,121)(H,131,132)(H4,89,90,95)(H4,91,92,96)(H4,93,94,97)/t43-,44-,45+,48-,49-,50-,51-,52-,53+,54-,55-,56-,57-,58-,59-,61-,62-,63-,64-/m0/s1. The molecular formula is C83H147N29O20S2. The fourth-order valence-electron chi connectivity index (χ4n) is 13.8. The van der Waals surface area contributed by atoms with Gasteiger partial charge in [0.2, 0.25) is 94.5 Å². The van der Waals surface area contributed by atoms with Crippen LogP contribution in [0.1, 0.15) is 183 Å². The monoisotopic (exact) mass is 1930 g/mol. The third-order valence-electron chi connectivity index (χ3n) is 22.1. The lowest BCUT2D eigenvalue weighted by Gasteiger charge is -2.32. The Bertz CT molecular complexity index is 4110. The highest BCUT2D eigenvalue weighted by Gasteiger charge is 2.43. The van der Waals surface area contributed by atoms with Gasteiger partial charge in [0.05, 0.1) is 18.6 Å². The molecule has 16 amide bonds. The molecule has 0 spiro atoms. The number of hydrogen-bond acceptors (Lipinski definition) is 28. The van der Waals surface area contributed by atoms with E-state index in [1.165, 1.54) is 29.2 Å². The number of carbonyl (C=O) groups excluding carboxylic acids is 16. The third kappa shape index (κ3) is 42.7. The third-order valence-corrected chi connectivity index (χ3v) is 22.9. The Morgan fingerprint density at radius 2 is 0.754 bits per heavy atom. The number of nitrogens with two attached hydrogens (primary N) is 11. The molecule has 0 bridgehead atoms. The van der Waals surface area contributed by atoms with Crippen molar-refractivity contribution in [1.29, 1.82) is 0 Å². The number of phenolic OH excluding ortho intramolecular Hbond substituents is 1. The summed E-state index contributed by atoms with van der Waals surface area (Å²) in [6, 6.07) is -18.4. The van der Waals surface area contributed by atoms with E-state index in [0.29, 0.717) is 50.5 Å². The molecular weight excluding hydrogens is 1790 g/mol. The fourth-order valence-corrected chi connectivity index (χ4v) is 14.3. The van der Waals surface area contributed by atoms with Crippen LogP contribution >= 0.6 is 25.3 Å². The average Bonchev–Trinajstić information content (AvgIpc) is 1.70. The number of likely N-dealkylation sites (tertiary alicyclic amines) is 1. The number of nitrogens with one attached hydrogen (secondary N) is 14.